The smallest absolute Gasteiger partial charge is 0.302 e. The van der Waals surface area contributed by atoms with Gasteiger partial charge >= 0.3 is 5.97 Å². The summed E-state index contributed by atoms with van der Waals surface area (Å²) in [6.07, 6.45) is 1.86. The summed E-state index contributed by atoms with van der Waals surface area (Å²) >= 11 is 0. The number of aliphatic imine (C=N–C) groups is 1. The number of hydrogen-bond acceptors (Lipinski definition) is 5. The first-order valence-electron chi connectivity index (χ1n) is 9.82. The molecule has 1 aliphatic carbocycles. The summed E-state index contributed by atoms with van der Waals surface area (Å²) in [7, 11) is 0. The summed E-state index contributed by atoms with van der Waals surface area (Å²) in [6, 6.07) is 9.49. The first kappa shape index (κ1) is 15.3. The zero-order valence-corrected chi connectivity index (χ0v) is 15.1. The number of fused-ring (bicyclic) bond motifs is 2. The van der Waals surface area contributed by atoms with E-state index in [1.807, 2.05) is 6.07 Å². The van der Waals surface area contributed by atoms with Crippen molar-refractivity contribution in [1.82, 2.24) is 4.90 Å². The lowest BCUT2D eigenvalue weighted by Crippen LogP contribution is -2.70. The molecule has 9 atom stereocenters. The number of carbonyl (C=O) groups excluding carboxylic acids is 1. The van der Waals surface area contributed by atoms with Crippen molar-refractivity contribution in [3.05, 3.63) is 29.8 Å². The number of rotatable bonds is 2. The number of esters is 1. The Kier molecular flexibility index (Phi) is 2.81. The predicted molar refractivity (Wildman–Crippen MR) is 96.4 cm³/mol. The Hall–Kier alpha value is -1.72. The van der Waals surface area contributed by atoms with Gasteiger partial charge in [-0.3, -0.25) is 14.7 Å². The molecule has 1 aromatic rings. The number of ether oxygens (including phenoxy) is 1. The van der Waals surface area contributed by atoms with Gasteiger partial charge in [-0.05, 0) is 37.3 Å². The standard InChI is InChI=1S/C21H24N2O3/c1-10-13(9-24)12-7-16-19-21(14-5-3-4-6-15(14)22-19)8-17(23(10)16)18(12)20(21)26-11(2)25/h3-6,10,12-13,16-18,20,24H,7-9H2,1-2H3/t10-,12-,13-,16-,17-,18?,20+,21+/m0/s1. The maximum atomic E-state index is 12.1. The Morgan fingerprint density at radius 1 is 1.42 bits per heavy atom. The predicted octanol–water partition coefficient (Wildman–Crippen LogP) is 2.05. The largest absolute Gasteiger partial charge is 0.461 e. The molecule has 5 bridgehead atoms. The van der Waals surface area contributed by atoms with Gasteiger partial charge in [0.25, 0.3) is 0 Å². The number of benzene rings is 1. The van der Waals surface area contributed by atoms with Crippen molar-refractivity contribution in [2.45, 2.75) is 56.3 Å². The van der Waals surface area contributed by atoms with E-state index >= 15 is 0 Å². The number of nitrogens with zero attached hydrogens (tertiary/aromatic N) is 2. The highest BCUT2D eigenvalue weighted by Gasteiger charge is 2.75. The van der Waals surface area contributed by atoms with E-state index in [1.165, 1.54) is 18.2 Å². The van der Waals surface area contributed by atoms with Gasteiger partial charge in [-0.1, -0.05) is 18.2 Å². The van der Waals surface area contributed by atoms with Gasteiger partial charge < -0.3 is 9.84 Å². The number of aliphatic hydroxyl groups excluding tert-OH is 1. The topological polar surface area (TPSA) is 62.1 Å². The minimum Gasteiger partial charge on any atom is -0.461 e. The van der Waals surface area contributed by atoms with Crippen LogP contribution in [-0.2, 0) is 14.9 Å². The van der Waals surface area contributed by atoms with E-state index in [2.05, 4.69) is 30.0 Å². The minimum atomic E-state index is -0.252. The monoisotopic (exact) mass is 352 g/mol. The Balaban J connectivity index is 1.60. The van der Waals surface area contributed by atoms with Crippen LogP contribution < -0.4 is 0 Å². The third-order valence-electron chi connectivity index (χ3n) is 8.09. The van der Waals surface area contributed by atoms with Crippen LogP contribution in [0.4, 0.5) is 5.69 Å². The molecule has 4 saturated heterocycles. The molecule has 1 N–H and O–H groups in total. The SMILES string of the molecule is CC(=O)O[C@@H]1C2[C@H]3C[C@H]4C5=Nc6ccccc6[C@]51C[C@@H]2N4[C@@H](C)[C@@H]3CO. The highest BCUT2D eigenvalue weighted by atomic mass is 16.5. The van der Waals surface area contributed by atoms with Crippen LogP contribution in [0.25, 0.3) is 0 Å². The van der Waals surface area contributed by atoms with Crippen molar-refractivity contribution in [3.8, 4) is 0 Å². The fourth-order valence-electron chi connectivity index (χ4n) is 7.42. The molecule has 6 aliphatic rings. The molecule has 5 heteroatoms. The maximum absolute atomic E-state index is 12.1. The van der Waals surface area contributed by atoms with E-state index in [1.54, 1.807) is 0 Å². The molecule has 5 fully saturated rings. The number of carbonyl (C=O) groups is 1. The normalized spacial score (nSPS) is 49.0. The van der Waals surface area contributed by atoms with Crippen LogP contribution in [0.1, 0.15) is 32.3 Å². The molecule has 5 heterocycles. The minimum absolute atomic E-state index is 0.158. The van der Waals surface area contributed by atoms with Gasteiger partial charge in [-0.25, -0.2) is 0 Å². The molecular formula is C21H24N2O3. The Labute approximate surface area is 153 Å². The van der Waals surface area contributed by atoms with E-state index in [9.17, 15) is 9.90 Å². The van der Waals surface area contributed by atoms with Crippen LogP contribution in [0, 0.1) is 17.8 Å². The number of hydrogen-bond donors (Lipinski definition) is 1. The quantitative estimate of drug-likeness (QED) is 0.828. The van der Waals surface area contributed by atoms with Crippen LogP contribution in [0.3, 0.4) is 0 Å². The molecule has 7 rings (SSSR count). The van der Waals surface area contributed by atoms with Gasteiger partial charge in [-0.2, -0.15) is 0 Å². The summed E-state index contributed by atoms with van der Waals surface area (Å²) in [6.45, 7) is 3.99. The third kappa shape index (κ3) is 1.49. The third-order valence-corrected chi connectivity index (χ3v) is 8.09. The molecule has 26 heavy (non-hydrogen) atoms. The van der Waals surface area contributed by atoms with Crippen molar-refractivity contribution in [1.29, 1.82) is 0 Å². The summed E-state index contributed by atoms with van der Waals surface area (Å²) in [4.78, 5) is 19.8. The van der Waals surface area contributed by atoms with E-state index in [-0.39, 0.29) is 30.0 Å². The molecule has 5 aliphatic heterocycles. The highest BCUT2D eigenvalue weighted by molar-refractivity contribution is 6.08. The molecule has 5 nitrogen and oxygen atoms in total. The lowest BCUT2D eigenvalue weighted by atomic mass is 9.62. The fraction of sp³-hybridized carbons (Fsp3) is 0.619. The molecule has 136 valence electrons. The molecule has 2 unspecified atom stereocenters. The van der Waals surface area contributed by atoms with E-state index < -0.39 is 0 Å². The zero-order valence-electron chi connectivity index (χ0n) is 15.1. The molecule has 1 saturated carbocycles. The van der Waals surface area contributed by atoms with Gasteiger partial charge in [0, 0.05) is 37.5 Å². The Bertz CT molecular complexity index is 851. The van der Waals surface area contributed by atoms with Gasteiger partial charge in [0.2, 0.25) is 0 Å². The maximum Gasteiger partial charge on any atom is 0.302 e. The summed E-state index contributed by atoms with van der Waals surface area (Å²) in [5.41, 5.74) is 3.26. The molecule has 0 radical (unpaired) electrons. The first-order chi connectivity index (χ1) is 12.6. The van der Waals surface area contributed by atoms with Crippen LogP contribution in [0.5, 0.6) is 0 Å². The van der Waals surface area contributed by atoms with E-state index in [0.717, 1.165) is 18.5 Å². The summed E-state index contributed by atoms with van der Waals surface area (Å²) in [5, 5.41) is 10.1. The molecular weight excluding hydrogens is 328 g/mol. The van der Waals surface area contributed by atoms with Crippen molar-refractivity contribution in [3.63, 3.8) is 0 Å². The lowest BCUT2D eigenvalue weighted by molar-refractivity contribution is -0.160. The molecule has 1 spiro atoms. The number of piperidine rings is 4. The number of para-hydroxylation sites is 1. The van der Waals surface area contributed by atoms with Crippen molar-refractivity contribution < 1.29 is 14.6 Å². The van der Waals surface area contributed by atoms with Crippen molar-refractivity contribution in [2.75, 3.05) is 6.61 Å². The van der Waals surface area contributed by atoms with E-state index in [4.69, 9.17) is 9.73 Å². The van der Waals surface area contributed by atoms with Crippen LogP contribution >= 0.6 is 0 Å². The van der Waals surface area contributed by atoms with Gasteiger partial charge in [0.05, 0.1) is 22.9 Å². The molecule has 1 aromatic carbocycles. The van der Waals surface area contributed by atoms with Crippen molar-refractivity contribution in [2.24, 2.45) is 22.7 Å². The average Bonchev–Trinajstić information content (AvgIpc) is 3.08. The second kappa shape index (κ2) is 4.76. The molecule has 0 amide bonds. The van der Waals surface area contributed by atoms with Gasteiger partial charge in [0.1, 0.15) is 6.10 Å². The van der Waals surface area contributed by atoms with Crippen LogP contribution in [0.2, 0.25) is 0 Å². The second-order valence-electron chi connectivity index (χ2n) is 8.81. The summed E-state index contributed by atoms with van der Waals surface area (Å²) < 4.78 is 6.07. The van der Waals surface area contributed by atoms with Gasteiger partial charge in [0.15, 0.2) is 0 Å². The Morgan fingerprint density at radius 2 is 2.23 bits per heavy atom. The van der Waals surface area contributed by atoms with Crippen LogP contribution in [0.15, 0.2) is 29.3 Å². The zero-order chi connectivity index (χ0) is 17.8. The van der Waals surface area contributed by atoms with E-state index in [0.29, 0.717) is 30.0 Å². The average molecular weight is 352 g/mol. The highest BCUT2D eigenvalue weighted by Crippen LogP contribution is 2.67. The molecule has 0 aromatic heterocycles. The lowest BCUT2D eigenvalue weighted by Gasteiger charge is -2.61. The second-order valence-corrected chi connectivity index (χ2v) is 8.81. The first-order valence-corrected chi connectivity index (χ1v) is 9.82. The van der Waals surface area contributed by atoms with Gasteiger partial charge in [-0.15, -0.1) is 0 Å². The summed E-state index contributed by atoms with van der Waals surface area (Å²) in [5.74, 6) is 0.750. The number of aliphatic hydroxyl groups is 1. The fourth-order valence-corrected chi connectivity index (χ4v) is 7.42. The Morgan fingerprint density at radius 3 is 3.00 bits per heavy atom. The van der Waals surface area contributed by atoms with Crippen LogP contribution in [-0.4, -0.2) is 52.5 Å². The van der Waals surface area contributed by atoms with Crippen molar-refractivity contribution >= 4 is 17.4 Å².